The molecule has 13 nitrogen and oxygen atoms in total. The molecule has 0 fully saturated rings. The van der Waals surface area contributed by atoms with Crippen molar-refractivity contribution < 1.29 is 57.4 Å². The minimum atomic E-state index is -3.75. The van der Waals surface area contributed by atoms with Gasteiger partial charge in [-0.05, 0) is 48.5 Å². The summed E-state index contributed by atoms with van der Waals surface area (Å²) in [6.45, 7) is -0.697. The van der Waals surface area contributed by atoms with Crippen molar-refractivity contribution in [2.75, 3.05) is 50.2 Å². The van der Waals surface area contributed by atoms with Crippen LogP contribution in [0.2, 0.25) is 0 Å². The Morgan fingerprint density at radius 2 is 0.582 bits per heavy atom. The molecule has 21 heteroatoms. The van der Waals surface area contributed by atoms with Crippen LogP contribution in [0, 0.1) is 0 Å². The highest BCUT2D eigenvalue weighted by atomic mass is 33.2. The van der Waals surface area contributed by atoms with Crippen molar-refractivity contribution in [3.8, 4) is 0 Å². The number of ether oxygens (including phenoxy) is 5. The van der Waals surface area contributed by atoms with Crippen LogP contribution in [-0.4, -0.2) is 96.1 Å². The quantitative estimate of drug-likeness (QED) is 0.0398. The maximum Gasteiger partial charge on any atom is 0.232 e. The van der Waals surface area contributed by atoms with Gasteiger partial charge in [-0.2, -0.15) is 0 Å². The van der Waals surface area contributed by atoms with Gasteiger partial charge in [-0.15, -0.1) is 0 Å². The molecule has 0 bridgehead atoms. The summed E-state index contributed by atoms with van der Waals surface area (Å²) in [5.41, 5.74) is 0. The molecule has 300 valence electrons. The Balaban J connectivity index is 1.36. The van der Waals surface area contributed by atoms with Crippen LogP contribution < -0.4 is 0 Å². The molecule has 0 aliphatic carbocycles. The van der Waals surface area contributed by atoms with Crippen LogP contribution in [0.4, 0.5) is 0 Å². The van der Waals surface area contributed by atoms with Gasteiger partial charge in [0.1, 0.15) is 36.0 Å². The molecule has 0 N–H and O–H groups in total. The maximum absolute atomic E-state index is 12.8. The molecule has 0 aliphatic rings. The third-order valence-corrected chi connectivity index (χ3v) is 19.7. The molecule has 0 amide bonds. The maximum atomic E-state index is 12.8. The molecule has 0 radical (unpaired) electrons. The summed E-state index contributed by atoms with van der Waals surface area (Å²) in [5, 5.41) is 0. The van der Waals surface area contributed by atoms with Crippen molar-refractivity contribution in [2.24, 2.45) is 0 Å². The minimum absolute atomic E-state index is 0.0945. The van der Waals surface area contributed by atoms with E-state index in [1.165, 1.54) is 48.5 Å². The lowest BCUT2D eigenvalue weighted by Crippen LogP contribution is -2.31. The van der Waals surface area contributed by atoms with E-state index in [1.54, 1.807) is 72.8 Å². The first-order valence-corrected chi connectivity index (χ1v) is 28.0. The van der Waals surface area contributed by atoms with E-state index in [4.69, 9.17) is 23.7 Å². The van der Waals surface area contributed by atoms with Gasteiger partial charge in [0, 0.05) is 43.2 Å². The van der Waals surface area contributed by atoms with Crippen molar-refractivity contribution in [3.63, 3.8) is 0 Å². The van der Waals surface area contributed by atoms with Gasteiger partial charge in [0.2, 0.25) is 35.5 Å². The van der Waals surface area contributed by atoms with Gasteiger partial charge in [-0.25, -0.2) is 33.7 Å². The number of rotatable bonds is 26. The lowest BCUT2D eigenvalue weighted by Gasteiger charge is -2.21. The zero-order valence-corrected chi connectivity index (χ0v) is 35.5. The zero-order chi connectivity index (χ0) is 39.6. The Bertz CT molecular complexity index is 2010. The second-order valence-electron chi connectivity index (χ2n) is 10.9. The van der Waals surface area contributed by atoms with Gasteiger partial charge in [0.15, 0.2) is 0 Å². The molecule has 0 saturated heterocycles. The Morgan fingerprint density at radius 1 is 0.345 bits per heavy atom. The van der Waals surface area contributed by atoms with Crippen LogP contribution in [0.15, 0.2) is 141 Å². The van der Waals surface area contributed by atoms with Crippen LogP contribution in [0.25, 0.3) is 0 Å². The minimum Gasteiger partial charge on any atom is -0.376 e. The Morgan fingerprint density at radius 3 is 0.855 bits per heavy atom. The average molecular weight is 911 g/mol. The number of benzene rings is 4. The standard InChI is InChI=1S/C34H38O13S8/c35-52(36,31-13-5-1-6-14-31)48-25-44-23-29(46-27-50-54(39,40)33-17-9-3-10-18-33)21-43-22-30(47-28-51-55(41,42)34-19-11-4-12-20-34)24-45-26-49-53(37,38)32-15-7-2-8-16-32/h1-20,29-30H,21-28H2. The predicted octanol–water partition coefficient (Wildman–Crippen LogP) is 6.13. The fourth-order valence-corrected chi connectivity index (χ4v) is 13.2. The van der Waals surface area contributed by atoms with E-state index in [2.05, 4.69) is 0 Å². The first-order valence-electron chi connectivity index (χ1n) is 16.0. The molecule has 0 heterocycles. The van der Waals surface area contributed by atoms with Gasteiger partial charge in [-0.1, -0.05) is 72.8 Å². The second-order valence-corrected chi connectivity index (χ2v) is 26.4. The smallest absolute Gasteiger partial charge is 0.232 e. The molecule has 0 aliphatic heterocycles. The number of hydrogen-bond donors (Lipinski definition) is 0. The largest absolute Gasteiger partial charge is 0.376 e. The average Bonchev–Trinajstić information content (AvgIpc) is 3.19. The van der Waals surface area contributed by atoms with Crippen molar-refractivity contribution in [3.05, 3.63) is 121 Å². The van der Waals surface area contributed by atoms with Crippen LogP contribution in [0.1, 0.15) is 0 Å². The Labute approximate surface area is 336 Å². The normalized spacial score (nSPS) is 13.7. The monoisotopic (exact) mass is 910 g/mol. The topological polar surface area (TPSA) is 183 Å². The summed E-state index contributed by atoms with van der Waals surface area (Å²) >= 11 is 0. The summed E-state index contributed by atoms with van der Waals surface area (Å²) in [4.78, 5) is 0.414. The van der Waals surface area contributed by atoms with E-state index in [9.17, 15) is 33.7 Å². The summed E-state index contributed by atoms with van der Waals surface area (Å²) in [7, 11) is -12.7. The lowest BCUT2D eigenvalue weighted by atomic mass is 10.4. The molecule has 2 unspecified atom stereocenters. The molecular weight excluding hydrogens is 873 g/mol. The SMILES string of the molecule is O=S(=O)(SCOCC(COCC(COCSS(=O)(=O)c1ccccc1)OCSS(=O)(=O)c1ccccc1)OCSS(=O)(=O)c1ccccc1)c1ccccc1. The Hall–Kier alpha value is -2.12. The highest BCUT2D eigenvalue weighted by Gasteiger charge is 2.22. The van der Waals surface area contributed by atoms with Crippen molar-refractivity contribution in [1.82, 2.24) is 0 Å². The fourth-order valence-electron chi connectivity index (χ4n) is 4.17. The van der Waals surface area contributed by atoms with Crippen molar-refractivity contribution in [2.45, 2.75) is 31.8 Å². The lowest BCUT2D eigenvalue weighted by molar-refractivity contribution is -0.0755. The van der Waals surface area contributed by atoms with E-state index in [-0.39, 0.29) is 69.8 Å². The van der Waals surface area contributed by atoms with E-state index in [0.717, 1.165) is 0 Å². The molecular formula is C34H38O13S8. The summed E-state index contributed by atoms with van der Waals surface area (Å²) in [5.74, 6) is -1.14. The van der Waals surface area contributed by atoms with E-state index in [1.807, 2.05) is 0 Å². The molecule has 4 aromatic rings. The van der Waals surface area contributed by atoms with Crippen LogP contribution in [0.3, 0.4) is 0 Å². The van der Waals surface area contributed by atoms with Crippen LogP contribution in [0.5, 0.6) is 0 Å². The van der Waals surface area contributed by atoms with E-state index >= 15 is 0 Å². The van der Waals surface area contributed by atoms with Crippen molar-refractivity contribution >= 4 is 78.7 Å². The van der Waals surface area contributed by atoms with E-state index in [0.29, 0.717) is 43.2 Å². The molecule has 0 saturated carbocycles. The zero-order valence-electron chi connectivity index (χ0n) is 28.9. The molecule has 0 aromatic heterocycles. The molecule has 4 aromatic carbocycles. The Kier molecular flexibility index (Phi) is 18.8. The van der Waals surface area contributed by atoms with Gasteiger partial charge >= 0.3 is 0 Å². The third-order valence-electron chi connectivity index (χ3n) is 6.93. The van der Waals surface area contributed by atoms with Crippen LogP contribution >= 0.6 is 43.2 Å². The first-order chi connectivity index (χ1) is 26.3. The molecule has 4 rings (SSSR count). The van der Waals surface area contributed by atoms with Gasteiger partial charge < -0.3 is 23.7 Å². The van der Waals surface area contributed by atoms with E-state index < -0.39 is 47.7 Å². The highest BCUT2D eigenvalue weighted by Crippen LogP contribution is 2.27. The first kappa shape index (κ1) is 45.6. The number of hydrogen-bond acceptors (Lipinski definition) is 17. The highest BCUT2D eigenvalue weighted by molar-refractivity contribution is 8.73. The van der Waals surface area contributed by atoms with Crippen molar-refractivity contribution in [1.29, 1.82) is 0 Å². The van der Waals surface area contributed by atoms with Gasteiger partial charge in [0.05, 0.1) is 46.0 Å². The fraction of sp³-hybridized carbons (Fsp3) is 0.294. The molecule has 2 atom stereocenters. The third kappa shape index (κ3) is 16.0. The predicted molar refractivity (Wildman–Crippen MR) is 217 cm³/mol. The second kappa shape index (κ2) is 22.7. The van der Waals surface area contributed by atoms with Gasteiger partial charge in [0.25, 0.3) is 0 Å². The molecule has 0 spiro atoms. The molecule has 55 heavy (non-hydrogen) atoms. The summed E-state index contributed by atoms with van der Waals surface area (Å²) in [6.07, 6.45) is -1.75. The van der Waals surface area contributed by atoms with Gasteiger partial charge in [-0.3, -0.25) is 0 Å². The van der Waals surface area contributed by atoms with Crippen LogP contribution in [-0.2, 0) is 59.2 Å². The summed E-state index contributed by atoms with van der Waals surface area (Å²) < 4.78 is 130. The summed E-state index contributed by atoms with van der Waals surface area (Å²) in [6, 6.07) is 31.2.